The molecule has 0 saturated heterocycles. The second-order valence-corrected chi connectivity index (χ2v) is 16.5. The van der Waals surface area contributed by atoms with Gasteiger partial charge in [0.1, 0.15) is 23.2 Å². The van der Waals surface area contributed by atoms with Gasteiger partial charge in [0.05, 0.1) is 11.2 Å². The van der Waals surface area contributed by atoms with Gasteiger partial charge >= 0.3 is 0 Å². The lowest BCUT2D eigenvalue weighted by Gasteiger charge is -2.24. The number of para-hydroxylation sites is 2. The van der Waals surface area contributed by atoms with Gasteiger partial charge in [0.2, 0.25) is 0 Å². The number of hydrogen-bond acceptors (Lipinski definition) is 6. The smallest absolute Gasteiger partial charge is 0.159 e. The van der Waals surface area contributed by atoms with Gasteiger partial charge in [0.25, 0.3) is 0 Å². The number of amidine groups is 2. The molecule has 0 bridgehead atoms. The van der Waals surface area contributed by atoms with Crippen molar-refractivity contribution in [1.82, 2.24) is 10.3 Å². The summed E-state index contributed by atoms with van der Waals surface area (Å²) in [6.07, 6.45) is -0.389. The molecule has 3 aromatic heterocycles. The van der Waals surface area contributed by atoms with Crippen molar-refractivity contribution in [3.8, 4) is 11.3 Å². The lowest BCUT2D eigenvalue weighted by atomic mass is 9.92. The van der Waals surface area contributed by atoms with Crippen LogP contribution in [0.1, 0.15) is 22.9 Å². The molecule has 6 heteroatoms. The highest BCUT2D eigenvalue weighted by atomic mass is 32.1. The second kappa shape index (κ2) is 12.9. The van der Waals surface area contributed by atoms with Crippen molar-refractivity contribution in [1.29, 1.82) is 0 Å². The molecule has 9 aromatic carbocycles. The summed E-state index contributed by atoms with van der Waals surface area (Å²) in [5.74, 6) is 1.47. The van der Waals surface area contributed by atoms with Gasteiger partial charge < -0.3 is 9.73 Å². The first kappa shape index (κ1) is 33.3. The van der Waals surface area contributed by atoms with Crippen LogP contribution in [0.3, 0.4) is 0 Å². The second-order valence-electron chi connectivity index (χ2n) is 15.5. The third kappa shape index (κ3) is 5.01. The number of thiophene rings is 1. The molecule has 5 nitrogen and oxygen atoms in total. The predicted molar refractivity (Wildman–Crippen MR) is 252 cm³/mol. The summed E-state index contributed by atoms with van der Waals surface area (Å²) in [5, 5.41) is 16.8. The van der Waals surface area contributed by atoms with E-state index in [1.807, 2.05) is 53.8 Å². The molecule has 4 heterocycles. The summed E-state index contributed by atoms with van der Waals surface area (Å²) in [6.45, 7) is 0. The van der Waals surface area contributed by atoms with E-state index in [9.17, 15) is 0 Å². The van der Waals surface area contributed by atoms with E-state index in [0.717, 1.165) is 72.0 Å². The largest absolute Gasteiger partial charge is 0.456 e. The highest BCUT2D eigenvalue weighted by Gasteiger charge is 2.25. The van der Waals surface area contributed by atoms with Crippen LogP contribution in [0.15, 0.2) is 196 Å². The fourth-order valence-electron chi connectivity index (χ4n) is 9.37. The molecular weight excluding hydrogens is 753 g/mol. The lowest BCUT2D eigenvalue weighted by molar-refractivity contribution is 0.662. The number of hydrogen-bond donors (Lipinski definition) is 1. The Morgan fingerprint density at radius 2 is 1.23 bits per heavy atom. The average molecular weight is 785 g/mol. The van der Waals surface area contributed by atoms with Gasteiger partial charge in [-0.3, -0.25) is 0 Å². The molecule has 0 saturated carbocycles. The van der Waals surface area contributed by atoms with Gasteiger partial charge in [-0.15, -0.1) is 11.3 Å². The number of benzene rings is 9. The summed E-state index contributed by atoms with van der Waals surface area (Å²) in [4.78, 5) is 15.9. The van der Waals surface area contributed by atoms with Gasteiger partial charge in [0, 0.05) is 69.4 Å². The minimum atomic E-state index is -0.389. The van der Waals surface area contributed by atoms with Crippen LogP contribution in [0.2, 0.25) is 0 Å². The fourth-order valence-corrected chi connectivity index (χ4v) is 10.6. The van der Waals surface area contributed by atoms with Crippen molar-refractivity contribution in [2.75, 3.05) is 0 Å². The molecule has 13 rings (SSSR count). The van der Waals surface area contributed by atoms with Gasteiger partial charge in [-0.25, -0.2) is 15.0 Å². The number of aromatic nitrogens is 1. The number of furan rings is 1. The number of fused-ring (bicyclic) bond motifs is 13. The number of nitrogens with zero attached hydrogens (tertiary/aromatic N) is 3. The van der Waals surface area contributed by atoms with Crippen LogP contribution >= 0.6 is 11.3 Å². The van der Waals surface area contributed by atoms with Crippen molar-refractivity contribution in [2.45, 2.75) is 6.17 Å². The molecule has 1 N–H and O–H groups in total. The van der Waals surface area contributed by atoms with E-state index in [1.165, 1.54) is 47.1 Å². The number of rotatable bonds is 4. The highest BCUT2D eigenvalue weighted by Crippen LogP contribution is 2.45. The zero-order valence-corrected chi connectivity index (χ0v) is 32.9. The standard InChI is InChI=1S/C54H32N4OS/c1-2-13-31(14-3-1)52-56-53(58-54(57-52)41-21-12-24-46-48(41)39-20-9-11-23-45(39)59-46)33-25-28-47-42(30-33)37-26-27-40-49(51(37)60-47)38-19-8-10-22-44(38)55-50(40)43-29-32-15-4-5-16-34(32)35-17-6-7-18-36(35)43/h1-30,54H,(H,56,57,58). The molecule has 0 spiro atoms. The predicted octanol–water partition coefficient (Wildman–Crippen LogP) is 14.1. The van der Waals surface area contributed by atoms with E-state index in [4.69, 9.17) is 19.4 Å². The van der Waals surface area contributed by atoms with Crippen LogP contribution in [0.25, 0.3) is 96.6 Å². The summed E-state index contributed by atoms with van der Waals surface area (Å²) in [6, 6.07) is 64.3. The Balaban J connectivity index is 1.01. The Kier molecular flexibility index (Phi) is 7.17. The van der Waals surface area contributed by atoms with Crippen molar-refractivity contribution >= 4 is 108 Å². The third-order valence-corrected chi connectivity index (χ3v) is 13.3. The Labute approximate surface area is 347 Å². The van der Waals surface area contributed by atoms with E-state index in [1.54, 1.807) is 0 Å². The summed E-state index contributed by atoms with van der Waals surface area (Å²) in [7, 11) is 0. The molecule has 0 amide bonds. The van der Waals surface area contributed by atoms with E-state index in [-0.39, 0.29) is 6.17 Å². The number of pyridine rings is 1. The molecular formula is C54H32N4OS. The van der Waals surface area contributed by atoms with Crippen LogP contribution in [0.5, 0.6) is 0 Å². The van der Waals surface area contributed by atoms with Gasteiger partial charge in [-0.1, -0.05) is 140 Å². The van der Waals surface area contributed by atoms with Crippen molar-refractivity contribution in [3.63, 3.8) is 0 Å². The first-order chi connectivity index (χ1) is 29.7. The summed E-state index contributed by atoms with van der Waals surface area (Å²) >= 11 is 1.85. The zero-order chi connectivity index (χ0) is 39.3. The molecule has 1 atom stereocenters. The maximum absolute atomic E-state index is 6.30. The average Bonchev–Trinajstić information content (AvgIpc) is 3.89. The van der Waals surface area contributed by atoms with Crippen molar-refractivity contribution < 1.29 is 4.42 Å². The van der Waals surface area contributed by atoms with Crippen LogP contribution in [-0.4, -0.2) is 16.7 Å². The molecule has 1 aliphatic heterocycles. The van der Waals surface area contributed by atoms with Crippen LogP contribution in [0.4, 0.5) is 0 Å². The Hall–Kier alpha value is -7.67. The van der Waals surface area contributed by atoms with E-state index in [0.29, 0.717) is 5.84 Å². The lowest BCUT2D eigenvalue weighted by Crippen LogP contribution is -2.33. The maximum Gasteiger partial charge on any atom is 0.159 e. The highest BCUT2D eigenvalue weighted by molar-refractivity contribution is 7.26. The molecule has 60 heavy (non-hydrogen) atoms. The van der Waals surface area contributed by atoms with Gasteiger partial charge in [-0.05, 0) is 64.0 Å². The molecule has 0 fully saturated rings. The van der Waals surface area contributed by atoms with Gasteiger partial charge in [0.15, 0.2) is 5.84 Å². The molecule has 0 aliphatic carbocycles. The van der Waals surface area contributed by atoms with E-state index in [2.05, 4.69) is 145 Å². The molecule has 0 radical (unpaired) electrons. The monoisotopic (exact) mass is 784 g/mol. The number of nitrogens with one attached hydrogen (secondary N) is 1. The zero-order valence-electron chi connectivity index (χ0n) is 32.1. The number of aliphatic imine (C=N–C) groups is 2. The van der Waals surface area contributed by atoms with E-state index >= 15 is 0 Å². The molecule has 1 unspecified atom stereocenters. The fraction of sp³-hybridized carbons (Fsp3) is 0.0185. The topological polar surface area (TPSA) is 62.8 Å². The summed E-state index contributed by atoms with van der Waals surface area (Å²) in [5.41, 5.74) is 7.86. The van der Waals surface area contributed by atoms with Crippen LogP contribution < -0.4 is 5.32 Å². The minimum Gasteiger partial charge on any atom is -0.456 e. The first-order valence-electron chi connectivity index (χ1n) is 20.2. The Morgan fingerprint density at radius 1 is 0.500 bits per heavy atom. The normalized spacial score (nSPS) is 14.5. The third-order valence-electron chi connectivity index (χ3n) is 12.1. The Morgan fingerprint density at radius 3 is 2.13 bits per heavy atom. The van der Waals surface area contributed by atoms with Crippen LogP contribution in [-0.2, 0) is 0 Å². The summed E-state index contributed by atoms with van der Waals surface area (Å²) < 4.78 is 8.78. The quantitative estimate of drug-likeness (QED) is 0.181. The van der Waals surface area contributed by atoms with Crippen molar-refractivity contribution in [3.05, 3.63) is 199 Å². The molecule has 12 aromatic rings. The maximum atomic E-state index is 6.30. The Bertz CT molecular complexity index is 3820. The van der Waals surface area contributed by atoms with Crippen molar-refractivity contribution in [2.24, 2.45) is 9.98 Å². The molecule has 280 valence electrons. The van der Waals surface area contributed by atoms with E-state index < -0.39 is 0 Å². The minimum absolute atomic E-state index is 0.389. The SMILES string of the molecule is c1ccc(C2=NC(c3cccc4oc5ccccc5c34)NC(c3ccc4sc5c(ccc6c(-c7cc8ccccc8c8ccccc78)nc7ccccc7c65)c4c3)=N2)cc1. The first-order valence-corrected chi connectivity index (χ1v) is 21.0. The van der Waals surface area contributed by atoms with Gasteiger partial charge in [-0.2, -0.15) is 0 Å². The molecule has 1 aliphatic rings. The van der Waals surface area contributed by atoms with Crippen LogP contribution in [0, 0.1) is 0 Å².